The maximum atomic E-state index is 12.5. The average molecular weight is 311 g/mol. The van der Waals surface area contributed by atoms with Gasteiger partial charge in [0.1, 0.15) is 5.75 Å². The van der Waals surface area contributed by atoms with Crippen LogP contribution in [0.15, 0.2) is 11.4 Å². The minimum Gasteiger partial charge on any atom is -0.496 e. The lowest BCUT2D eigenvalue weighted by Crippen LogP contribution is -2.45. The highest BCUT2D eigenvalue weighted by Gasteiger charge is 2.55. The van der Waals surface area contributed by atoms with Gasteiger partial charge in [-0.3, -0.25) is 9.59 Å². The number of carbonyl (C=O) groups is 2. The minimum atomic E-state index is -0.852. The van der Waals surface area contributed by atoms with Gasteiger partial charge in [-0.1, -0.05) is 0 Å². The van der Waals surface area contributed by atoms with E-state index in [4.69, 9.17) is 9.47 Å². The lowest BCUT2D eigenvalue weighted by Gasteiger charge is -2.33. The molecule has 2 aliphatic heterocycles. The van der Waals surface area contributed by atoms with Gasteiger partial charge in [0.2, 0.25) is 0 Å². The van der Waals surface area contributed by atoms with Crippen LogP contribution in [0.25, 0.3) is 0 Å². The molecular weight excluding hydrogens is 294 g/mol. The Bertz CT molecular complexity index is 571. The van der Waals surface area contributed by atoms with Gasteiger partial charge in [-0.25, -0.2) is 0 Å². The van der Waals surface area contributed by atoms with E-state index >= 15 is 0 Å². The number of amides is 1. The fourth-order valence-corrected chi connectivity index (χ4v) is 3.97. The summed E-state index contributed by atoms with van der Waals surface area (Å²) in [5, 5.41) is 11.4. The largest absolute Gasteiger partial charge is 0.496 e. The van der Waals surface area contributed by atoms with Crippen LogP contribution in [-0.2, 0) is 9.53 Å². The maximum Gasteiger partial charge on any atom is 0.311 e. The second kappa shape index (κ2) is 5.31. The highest BCUT2D eigenvalue weighted by atomic mass is 32.1. The highest BCUT2D eigenvalue weighted by molar-refractivity contribution is 7.12. The minimum absolute atomic E-state index is 0.127. The molecule has 2 saturated heterocycles. The van der Waals surface area contributed by atoms with Crippen LogP contribution < -0.4 is 4.74 Å². The zero-order chi connectivity index (χ0) is 15.0. The lowest BCUT2D eigenvalue weighted by atomic mass is 9.74. The number of fused-ring (bicyclic) bond motifs is 1. The van der Waals surface area contributed by atoms with E-state index < -0.39 is 11.4 Å². The molecule has 1 amide bonds. The van der Waals surface area contributed by atoms with Crippen LogP contribution in [0.4, 0.5) is 0 Å². The molecule has 2 aliphatic rings. The molecule has 21 heavy (non-hydrogen) atoms. The van der Waals surface area contributed by atoms with Gasteiger partial charge in [-0.2, -0.15) is 0 Å². The molecular formula is C14H17NO5S. The van der Waals surface area contributed by atoms with Gasteiger partial charge in [0.25, 0.3) is 5.91 Å². The van der Waals surface area contributed by atoms with E-state index in [-0.39, 0.29) is 18.4 Å². The third-order valence-electron chi connectivity index (χ3n) is 4.44. The molecule has 0 bridgehead atoms. The number of likely N-dealkylation sites (tertiary alicyclic amines) is 1. The Balaban J connectivity index is 1.81. The molecule has 0 radical (unpaired) electrons. The molecule has 1 aromatic rings. The number of methoxy groups -OCH3 is 1. The van der Waals surface area contributed by atoms with Crippen molar-refractivity contribution in [2.24, 2.45) is 11.3 Å². The summed E-state index contributed by atoms with van der Waals surface area (Å²) in [4.78, 5) is 26.4. The number of carboxylic acid groups (broad SMARTS) is 1. The third-order valence-corrected chi connectivity index (χ3v) is 5.34. The Morgan fingerprint density at radius 1 is 1.57 bits per heavy atom. The second-order valence-electron chi connectivity index (χ2n) is 5.52. The van der Waals surface area contributed by atoms with Crippen LogP contribution in [0.5, 0.6) is 5.75 Å². The summed E-state index contributed by atoms with van der Waals surface area (Å²) in [5.41, 5.74) is -0.852. The molecule has 0 saturated carbocycles. The van der Waals surface area contributed by atoms with Crippen LogP contribution >= 0.6 is 11.3 Å². The maximum absolute atomic E-state index is 12.5. The Labute approximate surface area is 126 Å². The van der Waals surface area contributed by atoms with Crippen molar-refractivity contribution < 1.29 is 24.2 Å². The van der Waals surface area contributed by atoms with Gasteiger partial charge in [-0.05, 0) is 6.42 Å². The predicted octanol–water partition coefficient (Wildman–Crippen LogP) is 1.32. The number of hydrogen-bond donors (Lipinski definition) is 1. The Hall–Kier alpha value is -1.60. The number of carboxylic acids is 1. The third kappa shape index (κ3) is 2.30. The Morgan fingerprint density at radius 2 is 2.38 bits per heavy atom. The predicted molar refractivity (Wildman–Crippen MR) is 75.8 cm³/mol. The molecule has 2 atom stereocenters. The number of nitrogens with zero attached hydrogens (tertiary/aromatic N) is 1. The van der Waals surface area contributed by atoms with Gasteiger partial charge in [0.15, 0.2) is 0 Å². The van der Waals surface area contributed by atoms with Crippen molar-refractivity contribution in [3.8, 4) is 5.75 Å². The normalized spacial score (nSPS) is 28.2. The Morgan fingerprint density at radius 3 is 3.00 bits per heavy atom. The SMILES string of the molecule is COc1csc(C(=O)N2C[C@H]3COCC[C@@]3(C(=O)O)C2)c1. The molecule has 0 unspecified atom stereocenters. The quantitative estimate of drug-likeness (QED) is 0.911. The average Bonchev–Trinajstić information content (AvgIpc) is 3.11. The van der Waals surface area contributed by atoms with Crippen molar-refractivity contribution in [2.75, 3.05) is 33.4 Å². The van der Waals surface area contributed by atoms with E-state index in [1.165, 1.54) is 11.3 Å². The number of thiophene rings is 1. The summed E-state index contributed by atoms with van der Waals surface area (Å²) in [5.74, 6) is -0.431. The monoisotopic (exact) mass is 311 g/mol. The first-order valence-electron chi connectivity index (χ1n) is 6.80. The lowest BCUT2D eigenvalue weighted by molar-refractivity contribution is -0.157. The van der Waals surface area contributed by atoms with E-state index in [0.29, 0.717) is 36.8 Å². The molecule has 1 aromatic heterocycles. The van der Waals surface area contributed by atoms with Crippen molar-refractivity contribution in [1.29, 1.82) is 0 Å². The van der Waals surface area contributed by atoms with Crippen LogP contribution in [-0.4, -0.2) is 55.3 Å². The zero-order valence-electron chi connectivity index (χ0n) is 11.7. The molecule has 3 heterocycles. The summed E-state index contributed by atoms with van der Waals surface area (Å²) in [6.45, 7) is 1.54. The molecule has 2 fully saturated rings. The fourth-order valence-electron chi connectivity index (χ4n) is 3.15. The van der Waals surface area contributed by atoms with Crippen molar-refractivity contribution >= 4 is 23.2 Å². The smallest absolute Gasteiger partial charge is 0.311 e. The van der Waals surface area contributed by atoms with Crippen molar-refractivity contribution in [3.63, 3.8) is 0 Å². The summed E-state index contributed by atoms with van der Waals surface area (Å²) in [6.07, 6.45) is 0.463. The van der Waals surface area contributed by atoms with E-state index in [1.807, 2.05) is 0 Å². The van der Waals surface area contributed by atoms with E-state index in [1.54, 1.807) is 23.5 Å². The number of carbonyl (C=O) groups excluding carboxylic acids is 1. The van der Waals surface area contributed by atoms with E-state index in [2.05, 4.69) is 0 Å². The summed E-state index contributed by atoms with van der Waals surface area (Å²) in [6, 6.07) is 1.69. The van der Waals surface area contributed by atoms with Gasteiger partial charge in [0.05, 0.1) is 24.0 Å². The van der Waals surface area contributed by atoms with Crippen LogP contribution in [0.1, 0.15) is 16.1 Å². The molecule has 0 aliphatic carbocycles. The standard InChI is InChI=1S/C14H17NO5S/c1-19-10-4-11(21-7-10)12(16)15-5-9-6-20-3-2-14(9,8-15)13(17)18/h4,7,9H,2-3,5-6,8H2,1H3,(H,17,18)/t9-,14+/m0/s1. The summed E-state index contributed by atoms with van der Waals surface area (Å²) >= 11 is 1.31. The zero-order valence-corrected chi connectivity index (χ0v) is 12.5. The summed E-state index contributed by atoms with van der Waals surface area (Å²) in [7, 11) is 1.55. The van der Waals surface area contributed by atoms with Crippen LogP contribution in [0.2, 0.25) is 0 Å². The second-order valence-corrected chi connectivity index (χ2v) is 6.43. The fraction of sp³-hybridized carbons (Fsp3) is 0.571. The molecule has 7 heteroatoms. The molecule has 114 valence electrons. The summed E-state index contributed by atoms with van der Waals surface area (Å²) < 4.78 is 10.5. The van der Waals surface area contributed by atoms with Crippen molar-refractivity contribution in [1.82, 2.24) is 4.90 Å². The first-order chi connectivity index (χ1) is 10.1. The van der Waals surface area contributed by atoms with E-state index in [9.17, 15) is 14.7 Å². The first-order valence-corrected chi connectivity index (χ1v) is 7.68. The molecule has 6 nitrogen and oxygen atoms in total. The topological polar surface area (TPSA) is 76.1 Å². The number of hydrogen-bond acceptors (Lipinski definition) is 5. The number of rotatable bonds is 3. The van der Waals surface area contributed by atoms with Gasteiger partial charge < -0.3 is 19.5 Å². The number of ether oxygens (including phenoxy) is 2. The molecule has 0 spiro atoms. The Kier molecular flexibility index (Phi) is 3.62. The van der Waals surface area contributed by atoms with Crippen molar-refractivity contribution in [2.45, 2.75) is 6.42 Å². The first kappa shape index (κ1) is 14.3. The van der Waals surface area contributed by atoms with E-state index in [0.717, 1.165) is 0 Å². The van der Waals surface area contributed by atoms with Crippen molar-refractivity contribution in [3.05, 3.63) is 16.3 Å². The van der Waals surface area contributed by atoms with Gasteiger partial charge in [-0.15, -0.1) is 11.3 Å². The molecule has 3 rings (SSSR count). The molecule has 0 aromatic carbocycles. The van der Waals surface area contributed by atoms with Gasteiger partial charge >= 0.3 is 5.97 Å². The molecule has 1 N–H and O–H groups in total. The van der Waals surface area contributed by atoms with Crippen LogP contribution in [0.3, 0.4) is 0 Å². The van der Waals surface area contributed by atoms with Crippen LogP contribution in [0, 0.1) is 11.3 Å². The number of aliphatic carboxylic acids is 1. The van der Waals surface area contributed by atoms with Gasteiger partial charge in [0, 0.05) is 37.1 Å². The highest BCUT2D eigenvalue weighted by Crippen LogP contribution is 2.43.